The SMILES string of the molecule is CSc1cc(C#N)c(SC)cc1C. The minimum absolute atomic E-state index is 0.780. The molecule has 0 unspecified atom stereocenters. The number of benzene rings is 1. The van der Waals surface area contributed by atoms with Crippen molar-refractivity contribution >= 4 is 23.5 Å². The first-order chi connectivity index (χ1) is 6.22. The number of nitrogens with zero attached hydrogens (tertiary/aromatic N) is 1. The summed E-state index contributed by atoms with van der Waals surface area (Å²) in [5, 5.41) is 8.89. The molecule has 3 heteroatoms. The van der Waals surface area contributed by atoms with E-state index in [1.165, 1.54) is 10.5 Å². The van der Waals surface area contributed by atoms with Crippen LogP contribution in [-0.4, -0.2) is 12.5 Å². The number of hydrogen-bond acceptors (Lipinski definition) is 3. The molecule has 0 bridgehead atoms. The molecule has 0 aliphatic heterocycles. The summed E-state index contributed by atoms with van der Waals surface area (Å²) in [7, 11) is 0. The molecule has 0 radical (unpaired) electrons. The summed E-state index contributed by atoms with van der Waals surface area (Å²) in [6.45, 7) is 2.08. The van der Waals surface area contributed by atoms with E-state index in [-0.39, 0.29) is 0 Å². The number of thioether (sulfide) groups is 2. The Kier molecular flexibility index (Phi) is 3.71. The van der Waals surface area contributed by atoms with E-state index >= 15 is 0 Å². The van der Waals surface area contributed by atoms with Gasteiger partial charge in [-0.25, -0.2) is 0 Å². The van der Waals surface area contributed by atoms with Gasteiger partial charge in [0.25, 0.3) is 0 Å². The fraction of sp³-hybridized carbons (Fsp3) is 0.300. The largest absolute Gasteiger partial charge is 0.192 e. The molecule has 0 amide bonds. The van der Waals surface area contributed by atoms with Crippen LogP contribution in [0, 0.1) is 18.3 Å². The average Bonchev–Trinajstić information content (AvgIpc) is 2.17. The Morgan fingerprint density at radius 1 is 1.15 bits per heavy atom. The van der Waals surface area contributed by atoms with Crippen LogP contribution in [0.3, 0.4) is 0 Å². The van der Waals surface area contributed by atoms with Gasteiger partial charge < -0.3 is 0 Å². The van der Waals surface area contributed by atoms with Gasteiger partial charge in [-0.15, -0.1) is 23.5 Å². The van der Waals surface area contributed by atoms with E-state index < -0.39 is 0 Å². The highest BCUT2D eigenvalue weighted by Crippen LogP contribution is 2.28. The van der Waals surface area contributed by atoms with Gasteiger partial charge in [0.15, 0.2) is 0 Å². The van der Waals surface area contributed by atoms with Gasteiger partial charge in [-0.1, -0.05) is 0 Å². The zero-order valence-electron chi connectivity index (χ0n) is 7.92. The summed E-state index contributed by atoms with van der Waals surface area (Å²) >= 11 is 3.31. The van der Waals surface area contributed by atoms with E-state index in [4.69, 9.17) is 5.26 Å². The summed E-state index contributed by atoms with van der Waals surface area (Å²) in [5.74, 6) is 0. The summed E-state index contributed by atoms with van der Waals surface area (Å²) in [6, 6.07) is 6.26. The summed E-state index contributed by atoms with van der Waals surface area (Å²) < 4.78 is 0. The maximum Gasteiger partial charge on any atom is 0.100 e. The van der Waals surface area contributed by atoms with Gasteiger partial charge in [0.2, 0.25) is 0 Å². The van der Waals surface area contributed by atoms with Crippen LogP contribution < -0.4 is 0 Å². The summed E-state index contributed by atoms with van der Waals surface area (Å²) in [4.78, 5) is 2.26. The van der Waals surface area contributed by atoms with E-state index in [0.29, 0.717) is 0 Å². The number of aryl methyl sites for hydroxylation is 1. The Morgan fingerprint density at radius 2 is 1.77 bits per heavy atom. The molecule has 0 aromatic heterocycles. The molecule has 0 saturated heterocycles. The molecule has 0 N–H and O–H groups in total. The summed E-state index contributed by atoms with van der Waals surface area (Å²) in [6.07, 6.45) is 4.02. The van der Waals surface area contributed by atoms with Crippen molar-refractivity contribution in [2.45, 2.75) is 16.7 Å². The van der Waals surface area contributed by atoms with Crippen LogP contribution >= 0.6 is 23.5 Å². The smallest absolute Gasteiger partial charge is 0.100 e. The van der Waals surface area contributed by atoms with Crippen LogP contribution in [0.1, 0.15) is 11.1 Å². The molecule has 1 aromatic carbocycles. The zero-order chi connectivity index (χ0) is 9.84. The Labute approximate surface area is 87.5 Å². The van der Waals surface area contributed by atoms with Crippen molar-refractivity contribution in [1.29, 1.82) is 5.26 Å². The Hall–Kier alpha value is -0.590. The predicted molar refractivity (Wildman–Crippen MR) is 59.5 cm³/mol. The molecule has 1 nitrogen and oxygen atoms in total. The molecule has 0 heterocycles. The van der Waals surface area contributed by atoms with Crippen LogP contribution in [0.5, 0.6) is 0 Å². The zero-order valence-corrected chi connectivity index (χ0v) is 9.55. The van der Waals surface area contributed by atoms with E-state index in [1.54, 1.807) is 23.5 Å². The number of rotatable bonds is 2. The lowest BCUT2D eigenvalue weighted by Crippen LogP contribution is -1.86. The Balaban J connectivity index is 3.28. The van der Waals surface area contributed by atoms with Gasteiger partial charge in [0.1, 0.15) is 6.07 Å². The lowest BCUT2D eigenvalue weighted by molar-refractivity contribution is 1.22. The van der Waals surface area contributed by atoms with Crippen LogP contribution in [0.2, 0.25) is 0 Å². The lowest BCUT2D eigenvalue weighted by atomic mass is 10.2. The predicted octanol–water partition coefficient (Wildman–Crippen LogP) is 3.31. The van der Waals surface area contributed by atoms with Crippen molar-refractivity contribution in [3.8, 4) is 6.07 Å². The van der Waals surface area contributed by atoms with Gasteiger partial charge in [-0.3, -0.25) is 0 Å². The minimum atomic E-state index is 0.780. The first-order valence-electron chi connectivity index (χ1n) is 3.85. The molecule has 0 aliphatic carbocycles. The van der Waals surface area contributed by atoms with Gasteiger partial charge in [-0.05, 0) is 37.1 Å². The first-order valence-corrected chi connectivity index (χ1v) is 6.30. The second-order valence-electron chi connectivity index (χ2n) is 2.63. The third-order valence-electron chi connectivity index (χ3n) is 1.84. The molecule has 0 aliphatic rings. The second kappa shape index (κ2) is 4.59. The van der Waals surface area contributed by atoms with Gasteiger partial charge in [-0.2, -0.15) is 5.26 Å². The average molecular weight is 209 g/mol. The molecule has 0 saturated carbocycles. The fourth-order valence-corrected chi connectivity index (χ4v) is 2.37. The van der Waals surface area contributed by atoms with Crippen molar-refractivity contribution in [3.05, 3.63) is 23.3 Å². The molecular weight excluding hydrogens is 198 g/mol. The molecular formula is C10H11NS2. The quantitative estimate of drug-likeness (QED) is 0.698. The number of nitriles is 1. The van der Waals surface area contributed by atoms with Gasteiger partial charge >= 0.3 is 0 Å². The van der Waals surface area contributed by atoms with Crippen molar-refractivity contribution < 1.29 is 0 Å². The monoisotopic (exact) mass is 209 g/mol. The third-order valence-corrected chi connectivity index (χ3v) is 3.49. The van der Waals surface area contributed by atoms with Crippen LogP contribution in [0.15, 0.2) is 21.9 Å². The van der Waals surface area contributed by atoms with Crippen LogP contribution in [-0.2, 0) is 0 Å². The van der Waals surface area contributed by atoms with Gasteiger partial charge in [0.05, 0.1) is 5.56 Å². The lowest BCUT2D eigenvalue weighted by Gasteiger charge is -2.06. The molecule has 0 atom stereocenters. The molecule has 68 valence electrons. The standard InChI is InChI=1S/C10H11NS2/c1-7-4-10(13-3)8(6-11)5-9(7)12-2/h4-5H,1-3H3. The van der Waals surface area contributed by atoms with E-state index in [1.807, 2.05) is 18.6 Å². The molecule has 0 fully saturated rings. The molecule has 0 spiro atoms. The number of hydrogen-bond donors (Lipinski definition) is 0. The van der Waals surface area contributed by atoms with Crippen molar-refractivity contribution in [2.24, 2.45) is 0 Å². The van der Waals surface area contributed by atoms with Crippen LogP contribution in [0.4, 0.5) is 0 Å². The topological polar surface area (TPSA) is 23.8 Å². The van der Waals surface area contributed by atoms with E-state index in [2.05, 4.69) is 19.1 Å². The highest BCUT2D eigenvalue weighted by atomic mass is 32.2. The van der Waals surface area contributed by atoms with Crippen molar-refractivity contribution in [1.82, 2.24) is 0 Å². The summed E-state index contributed by atoms with van der Waals surface area (Å²) in [5.41, 5.74) is 2.03. The van der Waals surface area contributed by atoms with Crippen LogP contribution in [0.25, 0.3) is 0 Å². The van der Waals surface area contributed by atoms with Gasteiger partial charge in [0, 0.05) is 9.79 Å². The van der Waals surface area contributed by atoms with Crippen molar-refractivity contribution in [3.63, 3.8) is 0 Å². The fourth-order valence-electron chi connectivity index (χ4n) is 1.14. The maximum absolute atomic E-state index is 8.89. The molecule has 1 aromatic rings. The Morgan fingerprint density at radius 3 is 2.23 bits per heavy atom. The van der Waals surface area contributed by atoms with E-state index in [0.717, 1.165) is 10.5 Å². The highest BCUT2D eigenvalue weighted by molar-refractivity contribution is 7.99. The Bertz CT molecular complexity index is 353. The normalized spacial score (nSPS) is 9.69. The molecule has 1 rings (SSSR count). The van der Waals surface area contributed by atoms with E-state index in [9.17, 15) is 0 Å². The molecule has 13 heavy (non-hydrogen) atoms. The second-order valence-corrected chi connectivity index (χ2v) is 4.33. The minimum Gasteiger partial charge on any atom is -0.192 e. The maximum atomic E-state index is 8.89. The first kappa shape index (κ1) is 10.5. The third kappa shape index (κ3) is 2.20. The van der Waals surface area contributed by atoms with Crippen molar-refractivity contribution in [2.75, 3.05) is 12.5 Å². The highest BCUT2D eigenvalue weighted by Gasteiger charge is 2.05.